The number of hydrogen-bond acceptors (Lipinski definition) is 3. The van der Waals surface area contributed by atoms with Crippen molar-refractivity contribution >= 4 is 11.9 Å². The van der Waals surface area contributed by atoms with Crippen LogP contribution >= 0.6 is 0 Å². The van der Waals surface area contributed by atoms with E-state index in [0.29, 0.717) is 6.42 Å². The van der Waals surface area contributed by atoms with E-state index in [1.165, 1.54) is 19.3 Å². The average molecular weight is 286 g/mol. The third-order valence-corrected chi connectivity index (χ3v) is 3.09. The van der Waals surface area contributed by atoms with E-state index >= 15 is 0 Å². The molecule has 0 aromatic carbocycles. The lowest BCUT2D eigenvalue weighted by Gasteiger charge is -2.21. The van der Waals surface area contributed by atoms with E-state index in [4.69, 9.17) is 9.84 Å². The van der Waals surface area contributed by atoms with Crippen LogP contribution in [0.4, 0.5) is 0 Å². The van der Waals surface area contributed by atoms with Crippen molar-refractivity contribution in [2.75, 3.05) is 0 Å². The fourth-order valence-electron chi connectivity index (χ4n) is 2.07. The molecule has 0 unspecified atom stereocenters. The number of carbonyl (C=O) groups is 2. The Bertz CT molecular complexity index is 291. The van der Waals surface area contributed by atoms with Gasteiger partial charge in [-0.1, -0.05) is 45.4 Å². The summed E-state index contributed by atoms with van der Waals surface area (Å²) >= 11 is 0. The summed E-state index contributed by atoms with van der Waals surface area (Å²) in [5.74, 6) is -1.93. The van der Waals surface area contributed by atoms with Gasteiger partial charge in [0.25, 0.3) is 0 Å². The molecule has 1 N–H and O–H groups in total. The normalized spacial score (nSPS) is 13.0. The SMILES string of the molecule is CCCCCCCC[C@@H](CC(=O)OC(C)(C)C)C(=O)O. The monoisotopic (exact) mass is 286 g/mol. The molecule has 1 atom stereocenters. The summed E-state index contributed by atoms with van der Waals surface area (Å²) in [6, 6.07) is 0. The Labute approximate surface area is 122 Å². The standard InChI is InChI=1S/C16H30O4/c1-5-6-7-8-9-10-11-13(15(18)19)12-14(17)20-16(2,3)4/h13H,5-12H2,1-4H3,(H,18,19)/t13-/m0/s1. The molecule has 0 aromatic rings. The highest BCUT2D eigenvalue weighted by Crippen LogP contribution is 2.18. The van der Waals surface area contributed by atoms with E-state index < -0.39 is 23.5 Å². The number of carboxylic acids is 1. The van der Waals surface area contributed by atoms with Crippen LogP contribution in [-0.4, -0.2) is 22.6 Å². The molecule has 0 saturated heterocycles. The van der Waals surface area contributed by atoms with Gasteiger partial charge in [0, 0.05) is 0 Å². The quantitative estimate of drug-likeness (QED) is 0.483. The van der Waals surface area contributed by atoms with Crippen LogP contribution in [0.5, 0.6) is 0 Å². The van der Waals surface area contributed by atoms with Crippen molar-refractivity contribution in [2.45, 2.75) is 84.7 Å². The molecule has 0 aliphatic heterocycles. The molecule has 0 heterocycles. The van der Waals surface area contributed by atoms with Crippen LogP contribution in [0, 0.1) is 5.92 Å². The van der Waals surface area contributed by atoms with Gasteiger partial charge in [0.1, 0.15) is 5.60 Å². The number of unbranched alkanes of at least 4 members (excludes halogenated alkanes) is 5. The topological polar surface area (TPSA) is 63.6 Å². The van der Waals surface area contributed by atoms with Gasteiger partial charge in [0.05, 0.1) is 12.3 Å². The minimum Gasteiger partial charge on any atom is -0.481 e. The number of carboxylic acid groups (broad SMARTS) is 1. The highest BCUT2D eigenvalue weighted by atomic mass is 16.6. The number of ether oxygens (including phenoxy) is 1. The molecule has 4 heteroatoms. The van der Waals surface area contributed by atoms with Gasteiger partial charge in [-0.15, -0.1) is 0 Å². The van der Waals surface area contributed by atoms with Crippen molar-refractivity contribution in [3.05, 3.63) is 0 Å². The van der Waals surface area contributed by atoms with E-state index in [2.05, 4.69) is 6.92 Å². The predicted molar refractivity (Wildman–Crippen MR) is 79.6 cm³/mol. The average Bonchev–Trinajstić information content (AvgIpc) is 2.29. The minimum atomic E-state index is -0.899. The Morgan fingerprint density at radius 3 is 2.10 bits per heavy atom. The van der Waals surface area contributed by atoms with Crippen molar-refractivity contribution in [2.24, 2.45) is 5.92 Å². The predicted octanol–water partition coefficient (Wildman–Crippen LogP) is 4.17. The van der Waals surface area contributed by atoms with Gasteiger partial charge in [0.2, 0.25) is 0 Å². The van der Waals surface area contributed by atoms with Gasteiger partial charge in [-0.3, -0.25) is 9.59 Å². The van der Waals surface area contributed by atoms with Crippen molar-refractivity contribution in [3.8, 4) is 0 Å². The maximum absolute atomic E-state index is 11.7. The lowest BCUT2D eigenvalue weighted by Crippen LogP contribution is -2.27. The molecule has 20 heavy (non-hydrogen) atoms. The van der Waals surface area contributed by atoms with Crippen LogP contribution in [0.1, 0.15) is 79.1 Å². The maximum atomic E-state index is 11.7. The molecule has 0 aliphatic carbocycles. The Morgan fingerprint density at radius 2 is 1.60 bits per heavy atom. The summed E-state index contributed by atoms with van der Waals surface area (Å²) in [6.07, 6.45) is 7.23. The zero-order valence-electron chi connectivity index (χ0n) is 13.4. The first-order valence-electron chi connectivity index (χ1n) is 7.71. The van der Waals surface area contributed by atoms with E-state index in [0.717, 1.165) is 19.3 Å². The second-order valence-electron chi connectivity index (χ2n) is 6.38. The summed E-state index contributed by atoms with van der Waals surface area (Å²) in [5, 5.41) is 9.15. The van der Waals surface area contributed by atoms with Gasteiger partial charge in [0.15, 0.2) is 0 Å². The molecule has 0 bridgehead atoms. The summed E-state index contributed by atoms with van der Waals surface area (Å²) in [5.41, 5.74) is -0.555. The lowest BCUT2D eigenvalue weighted by atomic mass is 9.97. The fourth-order valence-corrected chi connectivity index (χ4v) is 2.07. The van der Waals surface area contributed by atoms with Gasteiger partial charge < -0.3 is 9.84 Å². The summed E-state index contributed by atoms with van der Waals surface area (Å²) in [6.45, 7) is 7.53. The molecule has 0 fully saturated rings. The first-order valence-corrected chi connectivity index (χ1v) is 7.71. The second kappa shape index (κ2) is 9.78. The van der Waals surface area contributed by atoms with Crippen molar-refractivity contribution in [3.63, 3.8) is 0 Å². The molecule has 118 valence electrons. The Hall–Kier alpha value is -1.06. The molecule has 0 aliphatic rings. The van der Waals surface area contributed by atoms with E-state index in [-0.39, 0.29) is 6.42 Å². The largest absolute Gasteiger partial charge is 0.481 e. The van der Waals surface area contributed by atoms with Gasteiger partial charge in [-0.25, -0.2) is 0 Å². The Balaban J connectivity index is 3.99. The number of esters is 1. The number of aliphatic carboxylic acids is 1. The summed E-state index contributed by atoms with van der Waals surface area (Å²) < 4.78 is 5.18. The molecule has 0 aromatic heterocycles. The molecule has 0 radical (unpaired) electrons. The number of hydrogen-bond donors (Lipinski definition) is 1. The van der Waals surface area contributed by atoms with Crippen LogP contribution < -0.4 is 0 Å². The molecule has 0 rings (SSSR count). The first-order chi connectivity index (χ1) is 9.26. The number of carbonyl (C=O) groups excluding carboxylic acids is 1. The summed E-state index contributed by atoms with van der Waals surface area (Å²) in [7, 11) is 0. The minimum absolute atomic E-state index is 0.0262. The zero-order valence-corrected chi connectivity index (χ0v) is 13.4. The Morgan fingerprint density at radius 1 is 1.05 bits per heavy atom. The van der Waals surface area contributed by atoms with Crippen molar-refractivity contribution < 1.29 is 19.4 Å². The van der Waals surface area contributed by atoms with Crippen LogP contribution in [0.25, 0.3) is 0 Å². The van der Waals surface area contributed by atoms with Gasteiger partial charge in [-0.05, 0) is 27.2 Å². The third kappa shape index (κ3) is 10.8. The van der Waals surface area contributed by atoms with Gasteiger partial charge >= 0.3 is 11.9 Å². The molecule has 4 nitrogen and oxygen atoms in total. The zero-order chi connectivity index (χ0) is 15.6. The van der Waals surface area contributed by atoms with Crippen LogP contribution in [0.3, 0.4) is 0 Å². The van der Waals surface area contributed by atoms with Crippen molar-refractivity contribution in [1.29, 1.82) is 0 Å². The fraction of sp³-hybridized carbons (Fsp3) is 0.875. The first kappa shape index (κ1) is 18.9. The molecular formula is C16H30O4. The second-order valence-corrected chi connectivity index (χ2v) is 6.38. The van der Waals surface area contributed by atoms with Crippen LogP contribution in [-0.2, 0) is 14.3 Å². The molecule has 0 saturated carbocycles. The Kier molecular flexibility index (Phi) is 9.26. The van der Waals surface area contributed by atoms with E-state index in [1.54, 1.807) is 20.8 Å². The van der Waals surface area contributed by atoms with Crippen LogP contribution in [0.15, 0.2) is 0 Å². The van der Waals surface area contributed by atoms with E-state index in [1.807, 2.05) is 0 Å². The molecule has 0 spiro atoms. The summed E-state index contributed by atoms with van der Waals surface area (Å²) in [4.78, 5) is 22.8. The number of rotatable bonds is 10. The smallest absolute Gasteiger partial charge is 0.307 e. The highest BCUT2D eigenvalue weighted by Gasteiger charge is 2.24. The van der Waals surface area contributed by atoms with Gasteiger partial charge in [-0.2, -0.15) is 0 Å². The van der Waals surface area contributed by atoms with Crippen LogP contribution in [0.2, 0.25) is 0 Å². The molecular weight excluding hydrogens is 256 g/mol. The highest BCUT2D eigenvalue weighted by molar-refractivity contribution is 5.78. The lowest BCUT2D eigenvalue weighted by molar-refractivity contribution is -0.160. The third-order valence-electron chi connectivity index (χ3n) is 3.09. The maximum Gasteiger partial charge on any atom is 0.307 e. The van der Waals surface area contributed by atoms with Crippen molar-refractivity contribution in [1.82, 2.24) is 0 Å². The molecule has 0 amide bonds. The van der Waals surface area contributed by atoms with E-state index in [9.17, 15) is 9.59 Å².